The van der Waals surface area contributed by atoms with Crippen LogP contribution in [0.15, 0.2) is 41.3 Å². The zero-order valence-electron chi connectivity index (χ0n) is 16.3. The largest absolute Gasteiger partial charge is 0.376 e. The fourth-order valence-corrected chi connectivity index (χ4v) is 3.11. The number of hydrogen-bond acceptors (Lipinski definition) is 4. The molecule has 1 aliphatic rings. The molecule has 7 heteroatoms. The molecule has 2 aromatic rings. The third kappa shape index (κ3) is 4.67. The number of aromatic amines is 1. The number of rotatable bonds is 7. The highest BCUT2D eigenvalue weighted by Crippen LogP contribution is 2.25. The second kappa shape index (κ2) is 8.39. The van der Waals surface area contributed by atoms with Gasteiger partial charge in [0.25, 0.3) is 17.4 Å². The average Bonchev–Trinajstić information content (AvgIpc) is 3.39. The summed E-state index contributed by atoms with van der Waals surface area (Å²) in [6, 6.07) is 9.14. The van der Waals surface area contributed by atoms with Crippen molar-refractivity contribution in [2.75, 3.05) is 13.7 Å². The number of benzene rings is 1. The van der Waals surface area contributed by atoms with Crippen molar-refractivity contribution < 1.29 is 14.3 Å². The predicted octanol–water partition coefficient (Wildman–Crippen LogP) is 1.86. The Labute approximate surface area is 163 Å². The first-order chi connectivity index (χ1) is 13.4. The van der Waals surface area contributed by atoms with E-state index in [0.29, 0.717) is 13.2 Å². The second-order valence-electron chi connectivity index (χ2n) is 7.09. The number of ether oxygens (including phenoxy) is 1. The Hall–Kier alpha value is -2.93. The summed E-state index contributed by atoms with van der Waals surface area (Å²) in [6.45, 7) is 4.86. The van der Waals surface area contributed by atoms with Gasteiger partial charge in [-0.2, -0.15) is 0 Å². The number of aryl methyl sites for hydroxylation is 1. The average molecular weight is 383 g/mol. The van der Waals surface area contributed by atoms with Crippen LogP contribution in [0.25, 0.3) is 0 Å². The summed E-state index contributed by atoms with van der Waals surface area (Å²) in [7, 11) is 1.63. The minimum Gasteiger partial charge on any atom is -0.376 e. The van der Waals surface area contributed by atoms with Crippen molar-refractivity contribution in [2.45, 2.75) is 39.0 Å². The van der Waals surface area contributed by atoms with Crippen LogP contribution in [0.5, 0.6) is 0 Å². The van der Waals surface area contributed by atoms with Gasteiger partial charge < -0.3 is 19.9 Å². The van der Waals surface area contributed by atoms with Crippen molar-refractivity contribution in [3.8, 4) is 0 Å². The standard InChI is InChI=1S/C21H25N3O4/c1-4-28-18-10-17(18)23-19(25)15-9-16(20(26)22-11-15)21(27)24(3)12-14-7-5-6-13(2)8-14/h5-9,11,17-18H,4,10,12H2,1-3H3,(H,22,26)(H,23,25). The number of pyridine rings is 1. The van der Waals surface area contributed by atoms with E-state index in [0.717, 1.165) is 17.5 Å². The molecule has 2 N–H and O–H groups in total. The molecule has 2 atom stereocenters. The van der Waals surface area contributed by atoms with E-state index in [-0.39, 0.29) is 29.2 Å². The van der Waals surface area contributed by atoms with Gasteiger partial charge in [-0.05, 0) is 31.9 Å². The normalized spacial score (nSPS) is 17.8. The van der Waals surface area contributed by atoms with Crippen molar-refractivity contribution in [1.29, 1.82) is 0 Å². The lowest BCUT2D eigenvalue weighted by molar-refractivity contribution is 0.0783. The third-order valence-electron chi connectivity index (χ3n) is 4.67. The molecule has 0 bridgehead atoms. The number of carbonyl (C=O) groups excluding carboxylic acids is 2. The third-order valence-corrected chi connectivity index (χ3v) is 4.67. The number of nitrogens with zero attached hydrogens (tertiary/aromatic N) is 1. The highest BCUT2D eigenvalue weighted by molar-refractivity contribution is 5.99. The molecule has 1 aromatic heterocycles. The summed E-state index contributed by atoms with van der Waals surface area (Å²) in [5, 5.41) is 2.86. The zero-order valence-corrected chi connectivity index (χ0v) is 16.3. The van der Waals surface area contributed by atoms with E-state index in [1.807, 2.05) is 38.1 Å². The maximum Gasteiger partial charge on any atom is 0.260 e. The highest BCUT2D eigenvalue weighted by atomic mass is 16.5. The molecule has 0 saturated heterocycles. The van der Waals surface area contributed by atoms with Gasteiger partial charge in [-0.3, -0.25) is 14.4 Å². The summed E-state index contributed by atoms with van der Waals surface area (Å²) in [5.41, 5.74) is 1.74. The van der Waals surface area contributed by atoms with Crippen LogP contribution in [-0.4, -0.2) is 47.5 Å². The van der Waals surface area contributed by atoms with Gasteiger partial charge >= 0.3 is 0 Å². The molecule has 1 aliphatic carbocycles. The van der Waals surface area contributed by atoms with Gasteiger partial charge in [0.15, 0.2) is 0 Å². The maximum absolute atomic E-state index is 12.8. The molecule has 148 valence electrons. The van der Waals surface area contributed by atoms with Crippen LogP contribution in [0.1, 0.15) is 45.2 Å². The van der Waals surface area contributed by atoms with E-state index in [2.05, 4.69) is 10.3 Å². The minimum atomic E-state index is -0.517. The molecule has 2 unspecified atom stereocenters. The molecular weight excluding hydrogens is 358 g/mol. The van der Waals surface area contributed by atoms with Crippen LogP contribution >= 0.6 is 0 Å². The molecular formula is C21H25N3O4. The lowest BCUT2D eigenvalue weighted by atomic mass is 10.1. The number of H-pyrrole nitrogens is 1. The molecule has 7 nitrogen and oxygen atoms in total. The molecule has 1 aromatic carbocycles. The molecule has 1 heterocycles. The van der Waals surface area contributed by atoms with Crippen molar-refractivity contribution in [3.63, 3.8) is 0 Å². The summed E-state index contributed by atoms with van der Waals surface area (Å²) in [5.74, 6) is -0.769. The number of hydrogen-bond donors (Lipinski definition) is 2. The molecule has 0 radical (unpaired) electrons. The SMILES string of the molecule is CCOC1CC1NC(=O)c1c[nH]c(=O)c(C(=O)N(C)Cc2cccc(C)c2)c1. The molecule has 3 rings (SSSR count). The quantitative estimate of drug-likeness (QED) is 0.763. The fourth-order valence-electron chi connectivity index (χ4n) is 3.11. The van der Waals surface area contributed by atoms with Crippen molar-refractivity contribution >= 4 is 11.8 Å². The Balaban J connectivity index is 1.70. The number of carbonyl (C=O) groups is 2. The van der Waals surface area contributed by atoms with Gasteiger partial charge in [0.1, 0.15) is 5.56 Å². The summed E-state index contributed by atoms with van der Waals surface area (Å²) in [4.78, 5) is 41.3. The molecule has 0 aliphatic heterocycles. The molecule has 2 amide bonds. The smallest absolute Gasteiger partial charge is 0.260 e. The van der Waals surface area contributed by atoms with Gasteiger partial charge in [-0.1, -0.05) is 29.8 Å². The first-order valence-corrected chi connectivity index (χ1v) is 9.35. The zero-order chi connectivity index (χ0) is 20.3. The van der Waals surface area contributed by atoms with E-state index in [1.165, 1.54) is 17.2 Å². The van der Waals surface area contributed by atoms with Crippen LogP contribution in [0.3, 0.4) is 0 Å². The fraction of sp³-hybridized carbons (Fsp3) is 0.381. The monoisotopic (exact) mass is 383 g/mol. The number of aromatic nitrogens is 1. The van der Waals surface area contributed by atoms with E-state index in [4.69, 9.17) is 4.74 Å². The van der Waals surface area contributed by atoms with Crippen LogP contribution in [-0.2, 0) is 11.3 Å². The van der Waals surface area contributed by atoms with Crippen LogP contribution in [0, 0.1) is 6.92 Å². The number of nitrogens with one attached hydrogen (secondary N) is 2. The first-order valence-electron chi connectivity index (χ1n) is 9.35. The lowest BCUT2D eigenvalue weighted by Crippen LogP contribution is -2.33. The van der Waals surface area contributed by atoms with Crippen molar-refractivity contribution in [1.82, 2.24) is 15.2 Å². The Kier molecular flexibility index (Phi) is 5.94. The summed E-state index contributed by atoms with van der Waals surface area (Å²) >= 11 is 0. The van der Waals surface area contributed by atoms with Gasteiger partial charge in [-0.25, -0.2) is 0 Å². The number of amides is 2. The topological polar surface area (TPSA) is 91.5 Å². The maximum atomic E-state index is 12.8. The van der Waals surface area contributed by atoms with Gasteiger partial charge in [0, 0.05) is 26.4 Å². The lowest BCUT2D eigenvalue weighted by Gasteiger charge is -2.17. The van der Waals surface area contributed by atoms with Gasteiger partial charge in [0.05, 0.1) is 17.7 Å². The van der Waals surface area contributed by atoms with E-state index in [9.17, 15) is 14.4 Å². The Morgan fingerprint density at radius 3 is 2.82 bits per heavy atom. The second-order valence-corrected chi connectivity index (χ2v) is 7.09. The first kappa shape index (κ1) is 19.8. The summed E-state index contributed by atoms with van der Waals surface area (Å²) < 4.78 is 5.45. The van der Waals surface area contributed by atoms with Crippen molar-refractivity contribution in [3.05, 3.63) is 69.1 Å². The summed E-state index contributed by atoms with van der Waals surface area (Å²) in [6.07, 6.45) is 2.14. The Morgan fingerprint density at radius 2 is 2.11 bits per heavy atom. The molecule has 1 saturated carbocycles. The van der Waals surface area contributed by atoms with E-state index >= 15 is 0 Å². The van der Waals surface area contributed by atoms with Gasteiger partial charge in [0.2, 0.25) is 0 Å². The van der Waals surface area contributed by atoms with Crippen molar-refractivity contribution in [2.24, 2.45) is 0 Å². The Bertz CT molecular complexity index is 937. The van der Waals surface area contributed by atoms with Gasteiger partial charge in [-0.15, -0.1) is 0 Å². The van der Waals surface area contributed by atoms with Crippen LogP contribution in [0.2, 0.25) is 0 Å². The van der Waals surface area contributed by atoms with Crippen LogP contribution < -0.4 is 10.9 Å². The molecule has 28 heavy (non-hydrogen) atoms. The minimum absolute atomic E-state index is 0.0254. The highest BCUT2D eigenvalue weighted by Gasteiger charge is 2.39. The van der Waals surface area contributed by atoms with Crippen LogP contribution in [0.4, 0.5) is 0 Å². The van der Waals surface area contributed by atoms with E-state index < -0.39 is 11.5 Å². The predicted molar refractivity (Wildman–Crippen MR) is 105 cm³/mol. The molecule has 0 spiro atoms. The van der Waals surface area contributed by atoms with E-state index in [1.54, 1.807) is 7.05 Å². The Morgan fingerprint density at radius 1 is 1.32 bits per heavy atom. The molecule has 1 fully saturated rings.